The smallest absolute Gasteiger partial charge is 0.0949 e. The van der Waals surface area contributed by atoms with Crippen LogP contribution in [0.3, 0.4) is 0 Å². The summed E-state index contributed by atoms with van der Waals surface area (Å²) in [6.45, 7) is 6.59. The maximum atomic E-state index is 5.01. The van der Waals surface area contributed by atoms with Crippen LogP contribution in [0.5, 0.6) is 0 Å². The van der Waals surface area contributed by atoms with Gasteiger partial charge in [0, 0.05) is 17.1 Å². The molecule has 2 aromatic heterocycles. The zero-order valence-electron chi connectivity index (χ0n) is 13.7. The van der Waals surface area contributed by atoms with E-state index in [4.69, 9.17) is 4.98 Å². The summed E-state index contributed by atoms with van der Waals surface area (Å²) in [4.78, 5) is 5.01. The Labute approximate surface area is 136 Å². The van der Waals surface area contributed by atoms with Gasteiger partial charge in [-0.25, -0.2) is 4.98 Å². The largest absolute Gasteiger partial charge is 0.312 e. The highest BCUT2D eigenvalue weighted by Gasteiger charge is 2.16. The third-order valence-corrected chi connectivity index (χ3v) is 4.53. The van der Waals surface area contributed by atoms with Crippen LogP contribution in [0.15, 0.2) is 60.8 Å². The van der Waals surface area contributed by atoms with E-state index in [1.54, 1.807) is 0 Å². The predicted molar refractivity (Wildman–Crippen MR) is 97.0 cm³/mol. The summed E-state index contributed by atoms with van der Waals surface area (Å²) in [5, 5.41) is 1.30. The number of benzene rings is 2. The maximum Gasteiger partial charge on any atom is 0.0949 e. The minimum atomic E-state index is 0.392. The Morgan fingerprint density at radius 2 is 1.61 bits per heavy atom. The van der Waals surface area contributed by atoms with Crippen LogP contribution in [0.4, 0.5) is 0 Å². The van der Waals surface area contributed by atoms with Crippen molar-refractivity contribution in [2.24, 2.45) is 0 Å². The molecule has 0 saturated carbocycles. The first-order valence-corrected chi connectivity index (χ1v) is 8.12. The molecule has 0 fully saturated rings. The predicted octanol–water partition coefficient (Wildman–Crippen LogP) is 5.59. The maximum absolute atomic E-state index is 5.01. The van der Waals surface area contributed by atoms with Crippen molar-refractivity contribution in [3.05, 3.63) is 72.1 Å². The van der Waals surface area contributed by atoms with Crippen LogP contribution in [0.25, 0.3) is 27.7 Å². The van der Waals surface area contributed by atoms with E-state index >= 15 is 0 Å². The van der Waals surface area contributed by atoms with E-state index in [2.05, 4.69) is 86.0 Å². The van der Waals surface area contributed by atoms with Crippen molar-refractivity contribution >= 4 is 16.4 Å². The second-order valence-corrected chi connectivity index (χ2v) is 6.40. The number of rotatable bonds is 2. The fourth-order valence-electron chi connectivity index (χ4n) is 3.27. The van der Waals surface area contributed by atoms with E-state index in [-0.39, 0.29) is 0 Å². The summed E-state index contributed by atoms with van der Waals surface area (Å²) in [5.41, 5.74) is 7.12. The Kier molecular flexibility index (Phi) is 3.19. The lowest BCUT2D eigenvalue weighted by molar-refractivity contribution is 0.812. The third-order valence-electron chi connectivity index (χ3n) is 4.53. The molecule has 2 nitrogen and oxygen atoms in total. The molecule has 4 aromatic rings. The molecule has 0 aliphatic carbocycles. The lowest BCUT2D eigenvalue weighted by Gasteiger charge is -2.12. The summed E-state index contributed by atoms with van der Waals surface area (Å²) < 4.78 is 2.31. The molecule has 0 aliphatic rings. The molecule has 0 aliphatic heterocycles. The van der Waals surface area contributed by atoms with E-state index in [0.29, 0.717) is 5.92 Å². The lowest BCUT2D eigenvalue weighted by Crippen LogP contribution is -2.00. The molecule has 0 atom stereocenters. The molecule has 2 heteroatoms. The monoisotopic (exact) mass is 300 g/mol. The van der Waals surface area contributed by atoms with Gasteiger partial charge in [-0.15, -0.1) is 0 Å². The SMILES string of the molecule is Cc1c2ccccc2n2cc(C(C)C)nc(-c3ccccc3)c12. The molecule has 2 aromatic carbocycles. The molecule has 0 unspecified atom stereocenters. The Morgan fingerprint density at radius 3 is 2.35 bits per heavy atom. The number of aryl methyl sites for hydroxylation is 1. The van der Waals surface area contributed by atoms with Crippen LogP contribution in [-0.4, -0.2) is 9.38 Å². The first-order chi connectivity index (χ1) is 11.2. The number of fused-ring (bicyclic) bond motifs is 3. The van der Waals surface area contributed by atoms with Crippen LogP contribution in [0.2, 0.25) is 0 Å². The van der Waals surface area contributed by atoms with Gasteiger partial charge in [0.05, 0.1) is 22.4 Å². The normalized spacial score (nSPS) is 11.7. The minimum absolute atomic E-state index is 0.392. The molecule has 0 spiro atoms. The Bertz CT molecular complexity index is 995. The van der Waals surface area contributed by atoms with Crippen LogP contribution < -0.4 is 0 Å². The molecule has 0 saturated heterocycles. The van der Waals surface area contributed by atoms with E-state index < -0.39 is 0 Å². The van der Waals surface area contributed by atoms with Crippen molar-refractivity contribution in [3.63, 3.8) is 0 Å². The van der Waals surface area contributed by atoms with Gasteiger partial charge < -0.3 is 4.40 Å². The van der Waals surface area contributed by atoms with Gasteiger partial charge in [-0.1, -0.05) is 62.4 Å². The molecular weight excluding hydrogens is 280 g/mol. The van der Waals surface area contributed by atoms with E-state index in [9.17, 15) is 0 Å². The Morgan fingerprint density at radius 1 is 0.913 bits per heavy atom. The molecule has 2 heterocycles. The summed E-state index contributed by atoms with van der Waals surface area (Å²) in [6, 6.07) is 19.1. The van der Waals surface area contributed by atoms with Gasteiger partial charge in [0.15, 0.2) is 0 Å². The highest BCUT2D eigenvalue weighted by atomic mass is 14.9. The van der Waals surface area contributed by atoms with Crippen LogP contribution in [0.1, 0.15) is 31.0 Å². The van der Waals surface area contributed by atoms with Crippen molar-refractivity contribution in [2.45, 2.75) is 26.7 Å². The second-order valence-electron chi connectivity index (χ2n) is 6.40. The van der Waals surface area contributed by atoms with Gasteiger partial charge in [0.2, 0.25) is 0 Å². The fraction of sp³-hybridized carbons (Fsp3) is 0.190. The standard InChI is InChI=1S/C21H20N2/c1-14(2)18-13-23-19-12-8-7-11-17(19)15(3)21(23)20(22-18)16-9-5-4-6-10-16/h4-14H,1-3H3. The van der Waals surface area contributed by atoms with Gasteiger partial charge >= 0.3 is 0 Å². The topological polar surface area (TPSA) is 17.3 Å². The molecule has 4 rings (SSSR count). The summed E-state index contributed by atoms with van der Waals surface area (Å²) >= 11 is 0. The van der Waals surface area contributed by atoms with Crippen molar-refractivity contribution < 1.29 is 0 Å². The summed E-state index contributed by atoms with van der Waals surface area (Å²) in [5.74, 6) is 0.392. The molecular formula is C21H20N2. The van der Waals surface area contributed by atoms with Crippen molar-refractivity contribution in [1.29, 1.82) is 0 Å². The second kappa shape index (κ2) is 5.24. The van der Waals surface area contributed by atoms with Gasteiger partial charge in [0.25, 0.3) is 0 Å². The summed E-state index contributed by atoms with van der Waals surface area (Å²) in [6.07, 6.45) is 2.20. The fourth-order valence-corrected chi connectivity index (χ4v) is 3.27. The number of nitrogens with zero attached hydrogens (tertiary/aromatic N) is 2. The van der Waals surface area contributed by atoms with Crippen molar-refractivity contribution in [2.75, 3.05) is 0 Å². The first kappa shape index (κ1) is 14.0. The molecule has 0 N–H and O–H groups in total. The number of aromatic nitrogens is 2. The van der Waals surface area contributed by atoms with E-state index in [1.807, 2.05) is 0 Å². The zero-order valence-corrected chi connectivity index (χ0v) is 13.7. The number of hydrogen-bond acceptors (Lipinski definition) is 1. The van der Waals surface area contributed by atoms with E-state index in [1.165, 1.54) is 27.5 Å². The van der Waals surface area contributed by atoms with Gasteiger partial charge in [-0.3, -0.25) is 0 Å². The number of para-hydroxylation sites is 1. The van der Waals surface area contributed by atoms with Crippen LogP contribution >= 0.6 is 0 Å². The molecule has 0 amide bonds. The quantitative estimate of drug-likeness (QED) is 0.472. The van der Waals surface area contributed by atoms with Gasteiger partial charge in [-0.2, -0.15) is 0 Å². The number of hydrogen-bond donors (Lipinski definition) is 0. The Balaban J connectivity index is 2.20. The Hall–Kier alpha value is -2.61. The van der Waals surface area contributed by atoms with Crippen molar-refractivity contribution in [1.82, 2.24) is 9.38 Å². The van der Waals surface area contributed by atoms with Crippen molar-refractivity contribution in [3.8, 4) is 11.3 Å². The van der Waals surface area contributed by atoms with Crippen LogP contribution in [0, 0.1) is 6.92 Å². The highest BCUT2D eigenvalue weighted by Crippen LogP contribution is 2.33. The zero-order chi connectivity index (χ0) is 16.0. The highest BCUT2D eigenvalue weighted by molar-refractivity contribution is 5.97. The third kappa shape index (κ3) is 2.14. The molecule has 0 radical (unpaired) electrons. The molecule has 0 bridgehead atoms. The first-order valence-electron chi connectivity index (χ1n) is 8.12. The molecule has 23 heavy (non-hydrogen) atoms. The van der Waals surface area contributed by atoms with E-state index in [0.717, 1.165) is 11.4 Å². The van der Waals surface area contributed by atoms with Gasteiger partial charge in [-0.05, 0) is 24.5 Å². The molecule has 114 valence electrons. The van der Waals surface area contributed by atoms with Gasteiger partial charge in [0.1, 0.15) is 0 Å². The van der Waals surface area contributed by atoms with Crippen LogP contribution in [-0.2, 0) is 0 Å². The summed E-state index contributed by atoms with van der Waals surface area (Å²) in [7, 11) is 0. The average molecular weight is 300 g/mol. The average Bonchev–Trinajstić information content (AvgIpc) is 2.88. The lowest BCUT2D eigenvalue weighted by atomic mass is 10.1. The minimum Gasteiger partial charge on any atom is -0.312 e.